The lowest BCUT2D eigenvalue weighted by molar-refractivity contribution is -0.115. The Kier molecular flexibility index (Phi) is 5.33. The summed E-state index contributed by atoms with van der Waals surface area (Å²) in [6.45, 7) is 3.80. The van der Waals surface area contributed by atoms with Crippen LogP contribution < -0.4 is 10.6 Å². The van der Waals surface area contributed by atoms with Gasteiger partial charge in [0.2, 0.25) is 5.91 Å². The van der Waals surface area contributed by atoms with Crippen LogP contribution in [-0.4, -0.2) is 18.4 Å². The molecule has 0 fully saturated rings. The van der Waals surface area contributed by atoms with Crippen LogP contribution in [0, 0.1) is 13.8 Å². The molecule has 0 saturated heterocycles. The van der Waals surface area contributed by atoms with Gasteiger partial charge in [-0.1, -0.05) is 39.2 Å². The van der Waals surface area contributed by atoms with Crippen LogP contribution in [-0.2, 0) is 4.79 Å². The maximum Gasteiger partial charge on any atom is 0.251 e. The molecular formula is C17H17BrN2O2. The Hall–Kier alpha value is -2.14. The van der Waals surface area contributed by atoms with Gasteiger partial charge in [0, 0.05) is 15.7 Å². The minimum atomic E-state index is -0.268. The van der Waals surface area contributed by atoms with Gasteiger partial charge in [0.05, 0.1) is 6.54 Å². The Labute approximate surface area is 138 Å². The van der Waals surface area contributed by atoms with Crippen molar-refractivity contribution < 1.29 is 9.59 Å². The van der Waals surface area contributed by atoms with Crippen LogP contribution in [0.2, 0.25) is 0 Å². The van der Waals surface area contributed by atoms with E-state index in [9.17, 15) is 9.59 Å². The maximum atomic E-state index is 12.1. The molecule has 0 atom stereocenters. The fraction of sp³-hybridized carbons (Fsp3) is 0.176. The van der Waals surface area contributed by atoms with Gasteiger partial charge < -0.3 is 10.6 Å². The summed E-state index contributed by atoms with van der Waals surface area (Å²) in [6, 6.07) is 12.9. The second-order valence-electron chi connectivity index (χ2n) is 5.12. The van der Waals surface area contributed by atoms with Crippen LogP contribution in [0.25, 0.3) is 0 Å². The molecule has 4 nitrogen and oxygen atoms in total. The number of hydrogen-bond donors (Lipinski definition) is 2. The number of rotatable bonds is 4. The van der Waals surface area contributed by atoms with E-state index in [0.29, 0.717) is 11.3 Å². The van der Waals surface area contributed by atoms with Crippen LogP contribution in [0.15, 0.2) is 46.9 Å². The lowest BCUT2D eigenvalue weighted by Crippen LogP contribution is -2.32. The molecule has 0 spiro atoms. The maximum absolute atomic E-state index is 12.1. The Morgan fingerprint density at radius 1 is 1.05 bits per heavy atom. The average molecular weight is 361 g/mol. The minimum absolute atomic E-state index is 0.0711. The molecule has 0 unspecified atom stereocenters. The zero-order chi connectivity index (χ0) is 16.1. The molecule has 0 aliphatic heterocycles. The molecule has 22 heavy (non-hydrogen) atoms. The summed E-state index contributed by atoms with van der Waals surface area (Å²) in [6.07, 6.45) is 0. The van der Waals surface area contributed by atoms with Crippen molar-refractivity contribution in [2.45, 2.75) is 13.8 Å². The van der Waals surface area contributed by atoms with Gasteiger partial charge in [-0.2, -0.15) is 0 Å². The first-order chi connectivity index (χ1) is 10.4. The van der Waals surface area contributed by atoms with Gasteiger partial charge in [0.1, 0.15) is 0 Å². The summed E-state index contributed by atoms with van der Waals surface area (Å²) < 4.78 is 0.879. The van der Waals surface area contributed by atoms with E-state index in [2.05, 4.69) is 26.6 Å². The van der Waals surface area contributed by atoms with E-state index in [1.807, 2.05) is 32.0 Å². The monoisotopic (exact) mass is 360 g/mol. The topological polar surface area (TPSA) is 58.2 Å². The van der Waals surface area contributed by atoms with Gasteiger partial charge in [-0.05, 0) is 44.2 Å². The van der Waals surface area contributed by atoms with Crippen molar-refractivity contribution in [2.75, 3.05) is 11.9 Å². The first-order valence-electron chi connectivity index (χ1n) is 6.86. The molecule has 0 bridgehead atoms. The molecule has 0 aliphatic rings. The van der Waals surface area contributed by atoms with Gasteiger partial charge >= 0.3 is 0 Å². The third kappa shape index (κ3) is 4.70. The third-order valence-electron chi connectivity index (χ3n) is 3.00. The Bertz CT molecular complexity index is 693. The highest BCUT2D eigenvalue weighted by molar-refractivity contribution is 9.10. The van der Waals surface area contributed by atoms with Crippen LogP contribution in [0.1, 0.15) is 21.5 Å². The largest absolute Gasteiger partial charge is 0.343 e. The number of nitrogens with one attached hydrogen (secondary N) is 2. The van der Waals surface area contributed by atoms with Crippen molar-refractivity contribution in [3.05, 3.63) is 63.6 Å². The Balaban J connectivity index is 1.92. The highest BCUT2D eigenvalue weighted by atomic mass is 79.9. The molecule has 0 aromatic heterocycles. The SMILES string of the molecule is Cc1cc(C)cc(C(=O)NCC(=O)Nc2cccc(Br)c2)c1. The second kappa shape index (κ2) is 7.22. The number of hydrogen-bond acceptors (Lipinski definition) is 2. The third-order valence-corrected chi connectivity index (χ3v) is 3.50. The second-order valence-corrected chi connectivity index (χ2v) is 6.03. The van der Waals surface area contributed by atoms with Crippen molar-refractivity contribution in [1.29, 1.82) is 0 Å². The zero-order valence-corrected chi connectivity index (χ0v) is 14.0. The van der Waals surface area contributed by atoms with E-state index in [1.54, 1.807) is 24.3 Å². The molecule has 2 aromatic carbocycles. The van der Waals surface area contributed by atoms with Gasteiger partial charge in [-0.25, -0.2) is 0 Å². The van der Waals surface area contributed by atoms with E-state index in [-0.39, 0.29) is 18.4 Å². The molecule has 0 heterocycles. The lowest BCUT2D eigenvalue weighted by Gasteiger charge is -2.08. The number of aryl methyl sites for hydroxylation is 2. The Morgan fingerprint density at radius 3 is 2.36 bits per heavy atom. The van der Waals surface area contributed by atoms with E-state index in [1.165, 1.54) is 0 Å². The lowest BCUT2D eigenvalue weighted by atomic mass is 10.1. The van der Waals surface area contributed by atoms with E-state index in [0.717, 1.165) is 15.6 Å². The fourth-order valence-electron chi connectivity index (χ4n) is 2.14. The van der Waals surface area contributed by atoms with Gasteiger partial charge in [0.25, 0.3) is 5.91 Å². The number of anilines is 1. The van der Waals surface area contributed by atoms with Crippen LogP contribution in [0.4, 0.5) is 5.69 Å². The van der Waals surface area contributed by atoms with Crippen molar-refractivity contribution in [3.8, 4) is 0 Å². The molecule has 114 valence electrons. The summed E-state index contributed by atoms with van der Waals surface area (Å²) >= 11 is 3.34. The summed E-state index contributed by atoms with van der Waals surface area (Å²) in [5, 5.41) is 5.35. The smallest absolute Gasteiger partial charge is 0.251 e. The van der Waals surface area contributed by atoms with Crippen molar-refractivity contribution in [2.24, 2.45) is 0 Å². The molecule has 0 saturated carbocycles. The molecule has 0 radical (unpaired) electrons. The van der Waals surface area contributed by atoms with Crippen molar-refractivity contribution in [1.82, 2.24) is 5.32 Å². The first kappa shape index (κ1) is 16.2. The number of carbonyl (C=O) groups is 2. The molecule has 2 aromatic rings. The molecule has 2 N–H and O–H groups in total. The predicted molar refractivity (Wildman–Crippen MR) is 91.0 cm³/mol. The Morgan fingerprint density at radius 2 is 1.73 bits per heavy atom. The summed E-state index contributed by atoms with van der Waals surface area (Å²) in [7, 11) is 0. The number of halogens is 1. The molecule has 2 rings (SSSR count). The number of amides is 2. The molecule has 2 amide bonds. The summed E-state index contributed by atoms with van der Waals surface area (Å²) in [5.41, 5.74) is 3.28. The predicted octanol–water partition coefficient (Wildman–Crippen LogP) is 3.43. The summed E-state index contributed by atoms with van der Waals surface area (Å²) in [5.74, 6) is -0.521. The average Bonchev–Trinajstić information content (AvgIpc) is 2.43. The minimum Gasteiger partial charge on any atom is -0.343 e. The van der Waals surface area contributed by atoms with Crippen molar-refractivity contribution in [3.63, 3.8) is 0 Å². The number of carbonyl (C=O) groups excluding carboxylic acids is 2. The quantitative estimate of drug-likeness (QED) is 0.877. The molecule has 5 heteroatoms. The van der Waals surface area contributed by atoms with Gasteiger partial charge in [0.15, 0.2) is 0 Å². The summed E-state index contributed by atoms with van der Waals surface area (Å²) in [4.78, 5) is 23.9. The highest BCUT2D eigenvalue weighted by Crippen LogP contribution is 2.15. The standard InChI is InChI=1S/C17H17BrN2O2/c1-11-6-12(2)8-13(7-11)17(22)19-10-16(21)20-15-5-3-4-14(18)9-15/h3-9H,10H2,1-2H3,(H,19,22)(H,20,21). The van der Waals surface area contributed by atoms with E-state index >= 15 is 0 Å². The normalized spacial score (nSPS) is 10.1. The van der Waals surface area contributed by atoms with E-state index in [4.69, 9.17) is 0 Å². The van der Waals surface area contributed by atoms with Crippen molar-refractivity contribution >= 4 is 33.4 Å². The van der Waals surface area contributed by atoms with Crippen LogP contribution in [0.5, 0.6) is 0 Å². The van der Waals surface area contributed by atoms with Crippen LogP contribution >= 0.6 is 15.9 Å². The van der Waals surface area contributed by atoms with Crippen LogP contribution in [0.3, 0.4) is 0 Å². The van der Waals surface area contributed by atoms with E-state index < -0.39 is 0 Å². The first-order valence-corrected chi connectivity index (χ1v) is 7.65. The zero-order valence-electron chi connectivity index (χ0n) is 12.4. The van der Waals surface area contributed by atoms with Gasteiger partial charge in [-0.3, -0.25) is 9.59 Å². The fourth-order valence-corrected chi connectivity index (χ4v) is 2.54. The van der Waals surface area contributed by atoms with Gasteiger partial charge in [-0.15, -0.1) is 0 Å². The highest BCUT2D eigenvalue weighted by Gasteiger charge is 2.09. The molecular weight excluding hydrogens is 344 g/mol. The number of benzene rings is 2. The molecule has 0 aliphatic carbocycles.